The molecule has 6 heteroatoms. The van der Waals surface area contributed by atoms with Crippen molar-refractivity contribution in [3.8, 4) is 0 Å². The smallest absolute Gasteiger partial charge is 0.122 e. The molecule has 0 radical (unpaired) electrons. The number of hydrogen-bond donors (Lipinski definition) is 0. The Morgan fingerprint density at radius 2 is 2.23 bits per heavy atom. The topological polar surface area (TPSA) is 52.4 Å². The summed E-state index contributed by atoms with van der Waals surface area (Å²) in [6.45, 7) is 6.07. The summed E-state index contributed by atoms with van der Waals surface area (Å²) in [6.07, 6.45) is 6.43. The maximum atomic E-state index is 6.06. The van der Waals surface area contributed by atoms with Crippen LogP contribution in [0.2, 0.25) is 0 Å². The van der Waals surface area contributed by atoms with Gasteiger partial charge in [-0.2, -0.15) is 0 Å². The molecule has 3 heterocycles. The molecule has 1 saturated heterocycles. The normalized spacial score (nSPS) is 26.2. The van der Waals surface area contributed by atoms with Crippen molar-refractivity contribution in [2.75, 3.05) is 19.8 Å². The fourth-order valence-corrected chi connectivity index (χ4v) is 4.20. The van der Waals surface area contributed by atoms with Crippen molar-refractivity contribution in [3.63, 3.8) is 0 Å². The molecule has 1 aliphatic carbocycles. The second-order valence-electron chi connectivity index (χ2n) is 7.52. The summed E-state index contributed by atoms with van der Waals surface area (Å²) < 4.78 is 14.1. The minimum absolute atomic E-state index is 0.328. The zero-order valence-electron chi connectivity index (χ0n) is 15.7. The lowest BCUT2D eigenvalue weighted by atomic mass is 10.1. The van der Waals surface area contributed by atoms with Crippen LogP contribution in [0.1, 0.15) is 30.1 Å². The number of ether oxygens (including phenoxy) is 2. The van der Waals surface area contributed by atoms with Crippen molar-refractivity contribution in [2.24, 2.45) is 13.0 Å². The number of fused-ring (bicyclic) bond motifs is 1. The lowest BCUT2D eigenvalue weighted by Gasteiger charge is -2.37. The quantitative estimate of drug-likeness (QED) is 0.795. The van der Waals surface area contributed by atoms with Crippen LogP contribution in [0.4, 0.5) is 0 Å². The number of imidazole rings is 1. The maximum Gasteiger partial charge on any atom is 0.122 e. The van der Waals surface area contributed by atoms with Gasteiger partial charge in [0.25, 0.3) is 0 Å². The van der Waals surface area contributed by atoms with E-state index < -0.39 is 0 Å². The van der Waals surface area contributed by atoms with Crippen molar-refractivity contribution in [2.45, 2.75) is 45.1 Å². The zero-order valence-corrected chi connectivity index (χ0v) is 15.7. The van der Waals surface area contributed by atoms with E-state index in [1.54, 1.807) is 0 Å². The van der Waals surface area contributed by atoms with Crippen LogP contribution in [-0.2, 0) is 29.7 Å². The molecule has 1 saturated carbocycles. The summed E-state index contributed by atoms with van der Waals surface area (Å²) in [6, 6.07) is 6.55. The third-order valence-electron chi connectivity index (χ3n) is 5.56. The molecule has 2 fully saturated rings. The van der Waals surface area contributed by atoms with E-state index in [2.05, 4.69) is 26.5 Å². The van der Waals surface area contributed by atoms with E-state index in [9.17, 15) is 0 Å². The molecule has 2 aliphatic rings. The summed E-state index contributed by atoms with van der Waals surface area (Å²) in [4.78, 5) is 11.5. The molecule has 4 rings (SSSR count). The second-order valence-corrected chi connectivity index (χ2v) is 7.52. The lowest BCUT2D eigenvalue weighted by Crippen LogP contribution is -2.48. The first kappa shape index (κ1) is 17.6. The number of rotatable bonds is 6. The summed E-state index contributed by atoms with van der Waals surface area (Å²) in [5.41, 5.74) is 2.05. The van der Waals surface area contributed by atoms with Crippen molar-refractivity contribution < 1.29 is 9.47 Å². The number of hydrogen-bond acceptors (Lipinski definition) is 5. The molecule has 0 aromatic carbocycles. The fraction of sp³-hybridized carbons (Fsp3) is 0.600. The van der Waals surface area contributed by atoms with E-state index in [0.717, 1.165) is 56.4 Å². The zero-order chi connectivity index (χ0) is 17.9. The highest BCUT2D eigenvalue weighted by Gasteiger charge is 2.41. The minimum Gasteiger partial charge on any atom is -0.375 e. The van der Waals surface area contributed by atoms with Gasteiger partial charge in [0.05, 0.1) is 38.2 Å². The van der Waals surface area contributed by atoms with Gasteiger partial charge in [-0.3, -0.25) is 9.88 Å². The van der Waals surface area contributed by atoms with Gasteiger partial charge in [0.1, 0.15) is 5.82 Å². The van der Waals surface area contributed by atoms with Crippen molar-refractivity contribution in [3.05, 3.63) is 47.8 Å². The number of morpholine rings is 1. The average Bonchev–Trinajstić information content (AvgIpc) is 3.22. The lowest BCUT2D eigenvalue weighted by molar-refractivity contribution is -0.0601. The Morgan fingerprint density at radius 3 is 3.04 bits per heavy atom. The predicted octanol–water partition coefficient (Wildman–Crippen LogP) is 2.32. The highest BCUT2D eigenvalue weighted by atomic mass is 16.5. The fourth-order valence-electron chi connectivity index (χ4n) is 4.20. The molecular weight excluding hydrogens is 328 g/mol. The molecule has 6 nitrogen and oxygen atoms in total. The third-order valence-corrected chi connectivity index (χ3v) is 5.56. The molecule has 2 aromatic heterocycles. The molecule has 3 atom stereocenters. The average molecular weight is 356 g/mol. The maximum absolute atomic E-state index is 6.06. The van der Waals surface area contributed by atoms with Gasteiger partial charge in [-0.15, -0.1) is 0 Å². The second kappa shape index (κ2) is 7.86. The number of aromatic nitrogens is 3. The van der Waals surface area contributed by atoms with Crippen molar-refractivity contribution in [1.82, 2.24) is 19.4 Å². The Labute approximate surface area is 155 Å². The van der Waals surface area contributed by atoms with Crippen LogP contribution in [0, 0.1) is 12.8 Å². The molecule has 2 aromatic rings. The van der Waals surface area contributed by atoms with E-state index in [0.29, 0.717) is 24.7 Å². The van der Waals surface area contributed by atoms with Crippen LogP contribution in [0.15, 0.2) is 30.6 Å². The van der Waals surface area contributed by atoms with Gasteiger partial charge in [-0.25, -0.2) is 4.98 Å². The molecule has 1 unspecified atom stereocenters. The molecule has 1 aliphatic heterocycles. The van der Waals surface area contributed by atoms with Gasteiger partial charge in [0.15, 0.2) is 0 Å². The standard InChI is InChI=1S/C20H28N4O2/c1-15-4-3-5-17(22-15)14-25-13-16-10-18-19(11-16)26-9-8-24(18)12-20-21-6-7-23(20)2/h3-7,16,18-19H,8-14H2,1-2H3/t16?,18-,19-/m1/s1. The van der Waals surface area contributed by atoms with Crippen LogP contribution in [0.3, 0.4) is 0 Å². The summed E-state index contributed by atoms with van der Waals surface area (Å²) in [7, 11) is 2.06. The SMILES string of the molecule is Cc1cccc(COCC2C[C@@H]3[C@@H](C2)OCCN3Cc2nccn2C)n1. The largest absolute Gasteiger partial charge is 0.375 e. The highest BCUT2D eigenvalue weighted by molar-refractivity contribution is 5.09. The molecular formula is C20H28N4O2. The Kier molecular flexibility index (Phi) is 5.33. The van der Waals surface area contributed by atoms with Crippen LogP contribution in [0.25, 0.3) is 0 Å². The van der Waals surface area contributed by atoms with Gasteiger partial charge in [-0.1, -0.05) is 6.07 Å². The van der Waals surface area contributed by atoms with Gasteiger partial charge >= 0.3 is 0 Å². The first-order valence-corrected chi connectivity index (χ1v) is 9.51. The molecule has 140 valence electrons. The molecule has 0 bridgehead atoms. The molecule has 0 spiro atoms. The minimum atomic E-state index is 0.328. The Bertz CT molecular complexity index is 732. The Hall–Kier alpha value is -1.76. The van der Waals surface area contributed by atoms with E-state index in [1.807, 2.05) is 37.5 Å². The van der Waals surface area contributed by atoms with Crippen LogP contribution in [-0.4, -0.2) is 51.3 Å². The Morgan fingerprint density at radius 1 is 1.31 bits per heavy atom. The summed E-state index contributed by atoms with van der Waals surface area (Å²) in [5, 5.41) is 0. The van der Waals surface area contributed by atoms with Gasteiger partial charge in [0, 0.05) is 37.7 Å². The van der Waals surface area contributed by atoms with E-state index >= 15 is 0 Å². The third kappa shape index (κ3) is 3.98. The molecule has 0 N–H and O–H groups in total. The molecule has 26 heavy (non-hydrogen) atoms. The first-order valence-electron chi connectivity index (χ1n) is 9.51. The van der Waals surface area contributed by atoms with Crippen molar-refractivity contribution >= 4 is 0 Å². The summed E-state index contributed by atoms with van der Waals surface area (Å²) in [5.74, 6) is 1.67. The van der Waals surface area contributed by atoms with Crippen LogP contribution >= 0.6 is 0 Å². The first-order chi connectivity index (χ1) is 12.7. The number of nitrogens with zero attached hydrogens (tertiary/aromatic N) is 4. The van der Waals surface area contributed by atoms with E-state index in [-0.39, 0.29) is 0 Å². The van der Waals surface area contributed by atoms with Gasteiger partial charge in [0.2, 0.25) is 0 Å². The van der Waals surface area contributed by atoms with Crippen LogP contribution < -0.4 is 0 Å². The van der Waals surface area contributed by atoms with Crippen molar-refractivity contribution in [1.29, 1.82) is 0 Å². The Balaban J connectivity index is 1.30. The van der Waals surface area contributed by atoms with Gasteiger partial charge in [-0.05, 0) is 37.8 Å². The van der Waals surface area contributed by atoms with E-state index in [4.69, 9.17) is 9.47 Å². The number of aryl methyl sites for hydroxylation is 2. The van der Waals surface area contributed by atoms with E-state index in [1.165, 1.54) is 0 Å². The predicted molar refractivity (Wildman–Crippen MR) is 98.5 cm³/mol. The number of pyridine rings is 1. The molecule has 0 amide bonds. The monoisotopic (exact) mass is 356 g/mol. The van der Waals surface area contributed by atoms with Gasteiger partial charge < -0.3 is 14.0 Å². The highest BCUT2D eigenvalue weighted by Crippen LogP contribution is 2.35. The van der Waals surface area contributed by atoms with Crippen LogP contribution in [0.5, 0.6) is 0 Å². The summed E-state index contributed by atoms with van der Waals surface area (Å²) >= 11 is 0.